The highest BCUT2D eigenvalue weighted by Gasteiger charge is 2.38. The first-order chi connectivity index (χ1) is 9.85. The van der Waals surface area contributed by atoms with Crippen LogP contribution < -0.4 is 10.2 Å². The lowest BCUT2D eigenvalue weighted by molar-refractivity contribution is -0.133. The number of ether oxygens (including phenoxy) is 1. The molecular formula is C17H27N3O. The molecule has 21 heavy (non-hydrogen) atoms. The van der Waals surface area contributed by atoms with Gasteiger partial charge in [-0.05, 0) is 52.2 Å². The Hall–Kier alpha value is -1.13. The van der Waals surface area contributed by atoms with Crippen LogP contribution in [0.1, 0.15) is 46.1 Å². The molecule has 0 unspecified atom stereocenters. The molecule has 0 spiro atoms. The van der Waals surface area contributed by atoms with Crippen molar-refractivity contribution in [2.75, 3.05) is 18.0 Å². The molecule has 0 bridgehead atoms. The topological polar surface area (TPSA) is 37.4 Å². The fourth-order valence-corrected chi connectivity index (χ4v) is 3.35. The number of pyridine rings is 1. The molecule has 1 N–H and O–H groups in total. The van der Waals surface area contributed by atoms with Crippen LogP contribution in [0.25, 0.3) is 0 Å². The zero-order valence-electron chi connectivity index (χ0n) is 13.6. The van der Waals surface area contributed by atoms with E-state index in [0.29, 0.717) is 0 Å². The summed E-state index contributed by atoms with van der Waals surface area (Å²) >= 11 is 0. The first-order valence-electron chi connectivity index (χ1n) is 7.96. The highest BCUT2D eigenvalue weighted by molar-refractivity contribution is 5.53. The van der Waals surface area contributed by atoms with Gasteiger partial charge in [-0.15, -0.1) is 0 Å². The lowest BCUT2D eigenvalue weighted by Gasteiger charge is -2.48. The Kier molecular flexibility index (Phi) is 3.70. The van der Waals surface area contributed by atoms with Crippen molar-refractivity contribution in [3.63, 3.8) is 0 Å². The lowest BCUT2D eigenvalue weighted by atomic mass is 9.98. The summed E-state index contributed by atoms with van der Waals surface area (Å²) in [7, 11) is 0. The van der Waals surface area contributed by atoms with E-state index in [-0.39, 0.29) is 11.2 Å². The van der Waals surface area contributed by atoms with Gasteiger partial charge in [0.1, 0.15) is 0 Å². The third kappa shape index (κ3) is 3.74. The van der Waals surface area contributed by atoms with Gasteiger partial charge >= 0.3 is 0 Å². The normalized spacial score (nSPS) is 24.1. The Morgan fingerprint density at radius 1 is 1.24 bits per heavy atom. The van der Waals surface area contributed by atoms with Gasteiger partial charge < -0.3 is 15.0 Å². The molecule has 4 heteroatoms. The third-order valence-electron chi connectivity index (χ3n) is 4.08. The summed E-state index contributed by atoms with van der Waals surface area (Å²) in [4.78, 5) is 6.78. The van der Waals surface area contributed by atoms with Gasteiger partial charge in [-0.25, -0.2) is 0 Å². The minimum atomic E-state index is -0.140. The van der Waals surface area contributed by atoms with Gasteiger partial charge in [0.05, 0.1) is 23.1 Å². The number of nitrogens with zero attached hydrogens (tertiary/aromatic N) is 2. The molecule has 1 saturated carbocycles. The number of aromatic nitrogens is 1. The SMILES string of the molecule is CC1(C)CN(c2cnccc2CNC2CC2)CC(C)(C)O1. The van der Waals surface area contributed by atoms with Crippen molar-refractivity contribution in [2.45, 2.75) is 64.3 Å². The van der Waals surface area contributed by atoms with E-state index in [9.17, 15) is 0 Å². The van der Waals surface area contributed by atoms with Crippen molar-refractivity contribution in [3.05, 3.63) is 24.0 Å². The van der Waals surface area contributed by atoms with Crippen LogP contribution in [0.2, 0.25) is 0 Å². The van der Waals surface area contributed by atoms with Crippen LogP contribution >= 0.6 is 0 Å². The highest BCUT2D eigenvalue weighted by atomic mass is 16.5. The van der Waals surface area contributed by atoms with Gasteiger partial charge in [0.25, 0.3) is 0 Å². The standard InChI is InChI=1S/C17H27N3O/c1-16(2)11-20(12-17(3,4)21-16)15-10-18-8-7-13(15)9-19-14-5-6-14/h7-8,10,14,19H,5-6,9,11-12H2,1-4H3. The summed E-state index contributed by atoms with van der Waals surface area (Å²) in [6, 6.07) is 2.86. The van der Waals surface area contributed by atoms with Crippen molar-refractivity contribution < 1.29 is 4.74 Å². The van der Waals surface area contributed by atoms with E-state index in [1.54, 1.807) is 0 Å². The first kappa shape index (κ1) is 14.8. The summed E-state index contributed by atoms with van der Waals surface area (Å²) in [6.07, 6.45) is 6.53. The van der Waals surface area contributed by atoms with E-state index in [1.165, 1.54) is 24.1 Å². The Balaban J connectivity index is 1.81. The van der Waals surface area contributed by atoms with E-state index >= 15 is 0 Å². The Bertz CT molecular complexity index is 493. The van der Waals surface area contributed by atoms with Crippen LogP contribution in [0.4, 0.5) is 5.69 Å². The van der Waals surface area contributed by atoms with E-state index in [4.69, 9.17) is 4.74 Å². The molecule has 116 valence electrons. The van der Waals surface area contributed by atoms with Crippen LogP contribution in [0.5, 0.6) is 0 Å². The van der Waals surface area contributed by atoms with Gasteiger partial charge in [-0.2, -0.15) is 0 Å². The van der Waals surface area contributed by atoms with Crippen LogP contribution in [-0.2, 0) is 11.3 Å². The van der Waals surface area contributed by atoms with Crippen LogP contribution in [0.3, 0.4) is 0 Å². The van der Waals surface area contributed by atoms with E-state index < -0.39 is 0 Å². The molecule has 4 nitrogen and oxygen atoms in total. The molecule has 0 radical (unpaired) electrons. The fraction of sp³-hybridized carbons (Fsp3) is 0.706. The molecule has 1 saturated heterocycles. The molecule has 0 aromatic carbocycles. The number of hydrogen-bond acceptors (Lipinski definition) is 4. The lowest BCUT2D eigenvalue weighted by Crippen LogP contribution is -2.57. The van der Waals surface area contributed by atoms with Crippen molar-refractivity contribution in [1.29, 1.82) is 0 Å². The third-order valence-corrected chi connectivity index (χ3v) is 4.08. The number of rotatable bonds is 4. The van der Waals surface area contributed by atoms with Gasteiger partial charge in [0.15, 0.2) is 0 Å². The minimum Gasteiger partial charge on any atom is -0.366 e. The first-order valence-corrected chi connectivity index (χ1v) is 7.96. The maximum absolute atomic E-state index is 6.18. The number of morpholine rings is 1. The predicted octanol–water partition coefficient (Wildman–Crippen LogP) is 2.73. The Morgan fingerprint density at radius 3 is 2.52 bits per heavy atom. The molecule has 0 amide bonds. The van der Waals surface area contributed by atoms with E-state index in [0.717, 1.165) is 25.7 Å². The second-order valence-corrected chi connectivity index (χ2v) is 7.64. The molecule has 0 atom stereocenters. The molecule has 2 heterocycles. The molecular weight excluding hydrogens is 262 g/mol. The molecule has 1 aromatic heterocycles. The zero-order chi connectivity index (χ0) is 15.1. The summed E-state index contributed by atoms with van der Waals surface area (Å²) in [5, 5.41) is 3.61. The maximum atomic E-state index is 6.18. The monoisotopic (exact) mass is 289 g/mol. The Labute approximate surface area is 127 Å². The Morgan fingerprint density at radius 2 is 1.90 bits per heavy atom. The van der Waals surface area contributed by atoms with Crippen LogP contribution in [0, 0.1) is 0 Å². The quantitative estimate of drug-likeness (QED) is 0.925. The molecule has 1 aliphatic carbocycles. The minimum absolute atomic E-state index is 0.140. The molecule has 1 aliphatic heterocycles. The van der Waals surface area contributed by atoms with E-state index in [1.807, 2.05) is 12.4 Å². The van der Waals surface area contributed by atoms with Crippen LogP contribution in [0.15, 0.2) is 18.5 Å². The van der Waals surface area contributed by atoms with Crippen molar-refractivity contribution in [2.24, 2.45) is 0 Å². The van der Waals surface area contributed by atoms with E-state index in [2.05, 4.69) is 49.0 Å². The van der Waals surface area contributed by atoms with Crippen molar-refractivity contribution >= 4 is 5.69 Å². The predicted molar refractivity (Wildman–Crippen MR) is 85.6 cm³/mol. The van der Waals surface area contributed by atoms with Gasteiger partial charge in [0, 0.05) is 31.9 Å². The summed E-state index contributed by atoms with van der Waals surface area (Å²) in [5.41, 5.74) is 2.30. The molecule has 3 rings (SSSR count). The fourth-order valence-electron chi connectivity index (χ4n) is 3.35. The molecule has 2 aliphatic rings. The number of anilines is 1. The van der Waals surface area contributed by atoms with Gasteiger partial charge in [-0.1, -0.05) is 0 Å². The van der Waals surface area contributed by atoms with Crippen molar-refractivity contribution in [3.8, 4) is 0 Å². The summed E-state index contributed by atoms with van der Waals surface area (Å²) in [5.74, 6) is 0. The van der Waals surface area contributed by atoms with Gasteiger partial charge in [-0.3, -0.25) is 4.98 Å². The highest BCUT2D eigenvalue weighted by Crippen LogP contribution is 2.32. The van der Waals surface area contributed by atoms with Gasteiger partial charge in [0.2, 0.25) is 0 Å². The number of nitrogens with one attached hydrogen (secondary N) is 1. The average Bonchev–Trinajstić information content (AvgIpc) is 3.17. The summed E-state index contributed by atoms with van der Waals surface area (Å²) < 4.78 is 6.18. The second-order valence-electron chi connectivity index (χ2n) is 7.64. The number of hydrogen-bond donors (Lipinski definition) is 1. The maximum Gasteiger partial charge on any atom is 0.0808 e. The van der Waals surface area contributed by atoms with Crippen LogP contribution in [-0.4, -0.2) is 35.3 Å². The average molecular weight is 289 g/mol. The zero-order valence-corrected chi connectivity index (χ0v) is 13.6. The molecule has 2 fully saturated rings. The second kappa shape index (κ2) is 5.25. The largest absolute Gasteiger partial charge is 0.366 e. The summed E-state index contributed by atoms with van der Waals surface area (Å²) in [6.45, 7) is 11.4. The molecule has 1 aromatic rings. The smallest absolute Gasteiger partial charge is 0.0808 e. The van der Waals surface area contributed by atoms with Crippen molar-refractivity contribution in [1.82, 2.24) is 10.3 Å².